The lowest BCUT2D eigenvalue weighted by atomic mass is 10.1. The van der Waals surface area contributed by atoms with Crippen molar-refractivity contribution in [2.24, 2.45) is 0 Å². The number of nitrogens with zero attached hydrogens (tertiary/aromatic N) is 2. The number of nitrogens with one attached hydrogen (secondary N) is 2. The van der Waals surface area contributed by atoms with E-state index in [-0.39, 0.29) is 17.4 Å². The van der Waals surface area contributed by atoms with E-state index in [1.165, 1.54) is 37.3 Å². The van der Waals surface area contributed by atoms with Crippen molar-refractivity contribution in [3.05, 3.63) is 77.1 Å². The van der Waals surface area contributed by atoms with Gasteiger partial charge in [0, 0.05) is 29.9 Å². The monoisotopic (exact) mass is 410 g/mol. The van der Waals surface area contributed by atoms with Gasteiger partial charge in [0.25, 0.3) is 0 Å². The summed E-state index contributed by atoms with van der Waals surface area (Å²) in [6.45, 7) is 4.96. The average molecular weight is 410 g/mol. The lowest BCUT2D eigenvalue weighted by Gasteiger charge is -2.07. The van der Waals surface area contributed by atoms with E-state index < -0.39 is 11.7 Å². The van der Waals surface area contributed by atoms with Crippen molar-refractivity contribution in [2.45, 2.75) is 20.8 Å². The molecule has 0 spiro atoms. The van der Waals surface area contributed by atoms with Gasteiger partial charge < -0.3 is 10.6 Å². The summed E-state index contributed by atoms with van der Waals surface area (Å²) in [6, 6.07) is 9.81. The van der Waals surface area contributed by atoms with Crippen molar-refractivity contribution in [1.82, 2.24) is 9.78 Å². The summed E-state index contributed by atoms with van der Waals surface area (Å²) in [5.41, 5.74) is 3.18. The van der Waals surface area contributed by atoms with Gasteiger partial charge in [0.2, 0.25) is 11.8 Å². The Labute approximate surface area is 172 Å². The molecule has 0 aliphatic heterocycles. The molecule has 0 saturated carbocycles. The molecule has 0 radical (unpaired) electrons. The van der Waals surface area contributed by atoms with E-state index in [1.807, 2.05) is 6.92 Å². The molecule has 2 amide bonds. The van der Waals surface area contributed by atoms with Crippen LogP contribution < -0.4 is 10.6 Å². The Morgan fingerprint density at radius 2 is 1.73 bits per heavy atom. The van der Waals surface area contributed by atoms with Crippen LogP contribution in [0.2, 0.25) is 0 Å². The number of hydrogen-bond acceptors (Lipinski definition) is 3. The molecule has 0 unspecified atom stereocenters. The van der Waals surface area contributed by atoms with Gasteiger partial charge in [-0.3, -0.25) is 9.59 Å². The van der Waals surface area contributed by atoms with Crippen molar-refractivity contribution in [2.75, 3.05) is 10.6 Å². The number of anilines is 2. The number of rotatable bonds is 5. The molecule has 3 rings (SSSR count). The minimum atomic E-state index is -0.623. The second kappa shape index (κ2) is 8.69. The summed E-state index contributed by atoms with van der Waals surface area (Å²) < 4.78 is 28.8. The number of hydrogen-bond donors (Lipinski definition) is 2. The maximum Gasteiger partial charge on any atom is 0.248 e. The van der Waals surface area contributed by atoms with E-state index in [0.717, 1.165) is 17.3 Å². The van der Waals surface area contributed by atoms with Crippen LogP contribution in [0.15, 0.2) is 48.5 Å². The summed E-state index contributed by atoms with van der Waals surface area (Å²) in [7, 11) is 0. The molecule has 6 nitrogen and oxygen atoms in total. The van der Waals surface area contributed by atoms with E-state index in [0.29, 0.717) is 17.1 Å². The number of aryl methyl sites for hydroxylation is 1. The predicted molar refractivity (Wildman–Crippen MR) is 111 cm³/mol. The first-order valence-corrected chi connectivity index (χ1v) is 9.13. The molecule has 3 aromatic rings. The number of halogens is 2. The molecule has 154 valence electrons. The van der Waals surface area contributed by atoms with Crippen molar-refractivity contribution < 1.29 is 18.4 Å². The van der Waals surface area contributed by atoms with Gasteiger partial charge in [0.15, 0.2) is 0 Å². The third-order valence-electron chi connectivity index (χ3n) is 4.36. The SMILES string of the molecule is CC(=O)Nc1ccc(F)c(NC(=O)/C=C/c2c(C)nn(-c3ccc(F)cc3)c2C)c1. The first kappa shape index (κ1) is 20.9. The molecule has 0 aliphatic carbocycles. The highest BCUT2D eigenvalue weighted by Gasteiger charge is 2.12. The Morgan fingerprint density at radius 3 is 2.40 bits per heavy atom. The molecular formula is C22H20F2N4O2. The molecular weight excluding hydrogens is 390 g/mol. The van der Waals surface area contributed by atoms with Crippen molar-refractivity contribution in [3.8, 4) is 5.69 Å². The highest BCUT2D eigenvalue weighted by Crippen LogP contribution is 2.21. The lowest BCUT2D eigenvalue weighted by molar-refractivity contribution is -0.114. The highest BCUT2D eigenvalue weighted by atomic mass is 19.1. The van der Waals surface area contributed by atoms with Crippen LogP contribution in [0, 0.1) is 25.5 Å². The predicted octanol–water partition coefficient (Wildman–Crippen LogP) is 4.38. The molecule has 0 atom stereocenters. The van der Waals surface area contributed by atoms with Crippen molar-refractivity contribution in [3.63, 3.8) is 0 Å². The second-order valence-electron chi connectivity index (χ2n) is 6.67. The number of carbonyl (C=O) groups excluding carboxylic acids is 2. The fourth-order valence-corrected chi connectivity index (χ4v) is 2.97. The Morgan fingerprint density at radius 1 is 1.03 bits per heavy atom. The van der Waals surface area contributed by atoms with Gasteiger partial charge in [0.1, 0.15) is 11.6 Å². The maximum absolute atomic E-state index is 14.0. The largest absolute Gasteiger partial charge is 0.326 e. The smallest absolute Gasteiger partial charge is 0.248 e. The summed E-state index contributed by atoms with van der Waals surface area (Å²) >= 11 is 0. The molecule has 1 aromatic heterocycles. The van der Waals surface area contributed by atoms with Gasteiger partial charge in [-0.15, -0.1) is 0 Å². The van der Waals surface area contributed by atoms with E-state index in [4.69, 9.17) is 0 Å². The number of aromatic nitrogens is 2. The van der Waals surface area contributed by atoms with E-state index >= 15 is 0 Å². The average Bonchev–Trinajstić information content (AvgIpc) is 2.97. The van der Waals surface area contributed by atoms with Crippen LogP contribution in [-0.4, -0.2) is 21.6 Å². The van der Waals surface area contributed by atoms with Gasteiger partial charge in [-0.1, -0.05) is 0 Å². The van der Waals surface area contributed by atoms with Gasteiger partial charge in [-0.2, -0.15) is 5.10 Å². The fraction of sp³-hybridized carbons (Fsp3) is 0.136. The normalized spacial score (nSPS) is 11.0. The maximum atomic E-state index is 14.0. The quantitative estimate of drug-likeness (QED) is 0.613. The van der Waals surface area contributed by atoms with E-state index in [2.05, 4.69) is 15.7 Å². The topological polar surface area (TPSA) is 76.0 Å². The zero-order valence-electron chi connectivity index (χ0n) is 16.7. The molecule has 8 heteroatoms. The first-order chi connectivity index (χ1) is 14.2. The van der Waals surface area contributed by atoms with Gasteiger partial charge in [0.05, 0.1) is 17.1 Å². The van der Waals surface area contributed by atoms with Crippen LogP contribution in [0.5, 0.6) is 0 Å². The van der Waals surface area contributed by atoms with Crippen molar-refractivity contribution in [1.29, 1.82) is 0 Å². The molecule has 2 N–H and O–H groups in total. The van der Waals surface area contributed by atoms with E-state index in [9.17, 15) is 18.4 Å². The van der Waals surface area contributed by atoms with Crippen LogP contribution in [0.25, 0.3) is 11.8 Å². The Bertz CT molecular complexity index is 1130. The van der Waals surface area contributed by atoms with Gasteiger partial charge >= 0.3 is 0 Å². The summed E-state index contributed by atoms with van der Waals surface area (Å²) in [4.78, 5) is 23.4. The third kappa shape index (κ3) is 4.78. The first-order valence-electron chi connectivity index (χ1n) is 9.13. The van der Waals surface area contributed by atoms with Crippen LogP contribution >= 0.6 is 0 Å². The third-order valence-corrected chi connectivity index (χ3v) is 4.36. The Kier molecular flexibility index (Phi) is 6.06. The van der Waals surface area contributed by atoms with Crippen LogP contribution in [-0.2, 0) is 9.59 Å². The van der Waals surface area contributed by atoms with Crippen LogP contribution in [0.1, 0.15) is 23.9 Å². The van der Waals surface area contributed by atoms with Gasteiger partial charge in [-0.05, 0) is 62.4 Å². The minimum absolute atomic E-state index is 0.0497. The van der Waals surface area contributed by atoms with Crippen LogP contribution in [0.3, 0.4) is 0 Å². The molecule has 2 aromatic carbocycles. The van der Waals surface area contributed by atoms with E-state index in [1.54, 1.807) is 29.8 Å². The molecule has 0 bridgehead atoms. The lowest BCUT2D eigenvalue weighted by Crippen LogP contribution is -2.11. The van der Waals surface area contributed by atoms with Gasteiger partial charge in [-0.25, -0.2) is 13.5 Å². The summed E-state index contributed by atoms with van der Waals surface area (Å²) in [6.07, 6.45) is 2.86. The Balaban J connectivity index is 1.79. The standard InChI is InChI=1S/C22H20F2N4O2/c1-13-19(14(2)28(27-13)18-7-4-16(23)5-8-18)9-11-22(30)26-21-12-17(25-15(3)29)6-10-20(21)24/h4-12H,1-3H3,(H,25,29)(H,26,30)/b11-9+. The number of carbonyl (C=O) groups is 2. The molecule has 0 aliphatic rings. The molecule has 1 heterocycles. The highest BCUT2D eigenvalue weighted by molar-refractivity contribution is 6.02. The summed E-state index contributed by atoms with van der Waals surface area (Å²) in [5, 5.41) is 9.42. The Hall–Kier alpha value is -3.81. The molecule has 0 saturated heterocycles. The zero-order chi connectivity index (χ0) is 21.8. The fourth-order valence-electron chi connectivity index (χ4n) is 2.97. The summed E-state index contributed by atoms with van der Waals surface area (Å²) in [5.74, 6) is -1.81. The molecule has 0 fully saturated rings. The second-order valence-corrected chi connectivity index (χ2v) is 6.67. The van der Waals surface area contributed by atoms with Crippen LogP contribution in [0.4, 0.5) is 20.2 Å². The number of amides is 2. The molecule has 30 heavy (non-hydrogen) atoms. The zero-order valence-corrected chi connectivity index (χ0v) is 16.7. The minimum Gasteiger partial charge on any atom is -0.326 e. The number of benzene rings is 2. The van der Waals surface area contributed by atoms with Crippen molar-refractivity contribution >= 4 is 29.3 Å².